The third kappa shape index (κ3) is 3.55. The zero-order valence-corrected chi connectivity index (χ0v) is 15.9. The fourth-order valence-electron chi connectivity index (χ4n) is 2.94. The lowest BCUT2D eigenvalue weighted by Gasteiger charge is -2.25. The number of hydrogen-bond donors (Lipinski definition) is 1. The van der Waals surface area contributed by atoms with Crippen molar-refractivity contribution in [3.63, 3.8) is 0 Å². The minimum absolute atomic E-state index is 0.245. The predicted molar refractivity (Wildman–Crippen MR) is 99.9 cm³/mol. The maximum atomic E-state index is 11.3. The van der Waals surface area contributed by atoms with Crippen LogP contribution in [0.25, 0.3) is 22.0 Å². The molecule has 1 aromatic carbocycles. The van der Waals surface area contributed by atoms with Gasteiger partial charge in [-0.1, -0.05) is 6.42 Å². The number of aryl methyl sites for hydroxylation is 2. The van der Waals surface area contributed by atoms with E-state index in [0.29, 0.717) is 34.8 Å². The van der Waals surface area contributed by atoms with E-state index in [1.807, 2.05) is 18.2 Å². The molecule has 0 amide bonds. The lowest BCUT2D eigenvalue weighted by Crippen LogP contribution is -2.19. The van der Waals surface area contributed by atoms with Gasteiger partial charge in [-0.2, -0.15) is 4.80 Å². The maximum absolute atomic E-state index is 11.3. The van der Waals surface area contributed by atoms with Crippen LogP contribution in [0.5, 0.6) is 5.75 Å². The van der Waals surface area contributed by atoms with E-state index in [1.54, 1.807) is 14.0 Å². The molecule has 0 radical (unpaired) electrons. The molecular weight excluding hydrogens is 366 g/mol. The highest BCUT2D eigenvalue weighted by Crippen LogP contribution is 2.36. The van der Waals surface area contributed by atoms with E-state index >= 15 is 0 Å². The molecule has 0 bridgehead atoms. The number of carboxylic acid groups (broad SMARTS) is 1. The van der Waals surface area contributed by atoms with Gasteiger partial charge in [0.2, 0.25) is 5.82 Å². The zero-order chi connectivity index (χ0) is 19.0. The van der Waals surface area contributed by atoms with E-state index in [9.17, 15) is 9.90 Å². The summed E-state index contributed by atoms with van der Waals surface area (Å²) in [7, 11) is 1.71. The molecule has 4 rings (SSSR count). The number of carboxylic acids is 1. The third-order valence-electron chi connectivity index (χ3n) is 4.67. The molecule has 3 aromatic rings. The van der Waals surface area contributed by atoms with Crippen molar-refractivity contribution in [2.75, 3.05) is 6.61 Å². The first-order valence-corrected chi connectivity index (χ1v) is 9.55. The number of aromatic carboxylic acids is 1. The monoisotopic (exact) mass is 385 g/mol. The Morgan fingerprint density at radius 1 is 1.41 bits per heavy atom. The molecule has 2 aromatic heterocycles. The Morgan fingerprint density at radius 3 is 2.81 bits per heavy atom. The van der Waals surface area contributed by atoms with Crippen LogP contribution in [0.3, 0.4) is 0 Å². The molecule has 1 aliphatic rings. The smallest absolute Gasteiger partial charge is 0.347 e. The number of hydrogen-bond acceptors (Lipinski definition) is 7. The van der Waals surface area contributed by atoms with Gasteiger partial charge in [-0.15, -0.1) is 21.5 Å². The Morgan fingerprint density at radius 2 is 2.22 bits per heavy atom. The van der Waals surface area contributed by atoms with Crippen LogP contribution >= 0.6 is 11.3 Å². The highest BCUT2D eigenvalue weighted by Gasteiger charge is 2.21. The summed E-state index contributed by atoms with van der Waals surface area (Å²) in [6, 6.07) is 5.65. The number of tetrazole rings is 1. The van der Waals surface area contributed by atoms with Crippen molar-refractivity contribution in [2.24, 2.45) is 13.0 Å². The Labute approximate surface area is 159 Å². The summed E-state index contributed by atoms with van der Waals surface area (Å²) in [4.78, 5) is 17.4. The molecule has 1 aliphatic carbocycles. The van der Waals surface area contributed by atoms with Crippen molar-refractivity contribution < 1.29 is 14.6 Å². The van der Waals surface area contributed by atoms with Crippen molar-refractivity contribution in [3.8, 4) is 27.7 Å². The standard InChI is InChI=1S/C18H19N5O3S/c1-10-15(18(24)25)27-17(19-10)12-6-7-14(26-9-11-4-3-5-11)13(8-12)16-20-22-23(2)21-16/h6-8,11H,3-5,9H2,1-2H3,(H,24,25). The van der Waals surface area contributed by atoms with Gasteiger partial charge >= 0.3 is 5.97 Å². The van der Waals surface area contributed by atoms with E-state index in [0.717, 1.165) is 22.5 Å². The summed E-state index contributed by atoms with van der Waals surface area (Å²) in [5, 5.41) is 22.2. The summed E-state index contributed by atoms with van der Waals surface area (Å²) in [5.74, 6) is 0.805. The Balaban J connectivity index is 1.71. The van der Waals surface area contributed by atoms with Crippen molar-refractivity contribution in [3.05, 3.63) is 28.8 Å². The number of nitrogens with zero attached hydrogens (tertiary/aromatic N) is 5. The van der Waals surface area contributed by atoms with Gasteiger partial charge in [0.15, 0.2) is 0 Å². The topological polar surface area (TPSA) is 103 Å². The zero-order valence-electron chi connectivity index (χ0n) is 15.0. The second-order valence-corrected chi connectivity index (χ2v) is 7.66. The second-order valence-electron chi connectivity index (χ2n) is 6.66. The quantitative estimate of drug-likeness (QED) is 0.695. The number of aromatic nitrogens is 5. The molecule has 0 aliphatic heterocycles. The summed E-state index contributed by atoms with van der Waals surface area (Å²) < 4.78 is 6.03. The minimum Gasteiger partial charge on any atom is -0.493 e. The van der Waals surface area contributed by atoms with Gasteiger partial charge in [0, 0.05) is 5.56 Å². The van der Waals surface area contributed by atoms with Crippen LogP contribution in [0.4, 0.5) is 0 Å². The molecular formula is C18H19N5O3S. The van der Waals surface area contributed by atoms with Crippen LogP contribution in [0.1, 0.15) is 34.6 Å². The number of carbonyl (C=O) groups is 1. The molecule has 2 heterocycles. The molecule has 27 heavy (non-hydrogen) atoms. The predicted octanol–water partition coefficient (Wildman–Crippen LogP) is 3.19. The molecule has 1 saturated carbocycles. The number of ether oxygens (including phenoxy) is 1. The van der Waals surface area contributed by atoms with Crippen LogP contribution in [0.15, 0.2) is 18.2 Å². The lowest BCUT2D eigenvalue weighted by atomic mass is 9.86. The van der Waals surface area contributed by atoms with Crippen LogP contribution in [-0.4, -0.2) is 42.9 Å². The van der Waals surface area contributed by atoms with Crippen molar-refractivity contribution >= 4 is 17.3 Å². The average Bonchev–Trinajstić information content (AvgIpc) is 3.19. The van der Waals surface area contributed by atoms with Gasteiger partial charge < -0.3 is 9.84 Å². The fourth-order valence-corrected chi connectivity index (χ4v) is 3.84. The van der Waals surface area contributed by atoms with Crippen molar-refractivity contribution in [1.82, 2.24) is 25.2 Å². The van der Waals surface area contributed by atoms with Crippen molar-refractivity contribution in [1.29, 1.82) is 0 Å². The minimum atomic E-state index is -0.965. The molecule has 8 nitrogen and oxygen atoms in total. The lowest BCUT2D eigenvalue weighted by molar-refractivity contribution is 0.0701. The Kier molecular flexibility index (Phi) is 4.61. The fraction of sp³-hybridized carbons (Fsp3) is 0.389. The largest absolute Gasteiger partial charge is 0.493 e. The molecule has 0 spiro atoms. The van der Waals surface area contributed by atoms with Crippen molar-refractivity contribution in [2.45, 2.75) is 26.2 Å². The first-order chi connectivity index (χ1) is 13.0. The van der Waals surface area contributed by atoms with Gasteiger partial charge in [0.25, 0.3) is 0 Å². The summed E-state index contributed by atoms with van der Waals surface area (Å²) >= 11 is 1.15. The van der Waals surface area contributed by atoms with E-state index in [4.69, 9.17) is 4.74 Å². The molecule has 0 unspecified atom stereocenters. The average molecular weight is 385 g/mol. The van der Waals surface area contributed by atoms with Gasteiger partial charge in [0.1, 0.15) is 15.6 Å². The van der Waals surface area contributed by atoms with Gasteiger partial charge in [-0.05, 0) is 49.1 Å². The van der Waals surface area contributed by atoms with E-state index in [-0.39, 0.29) is 4.88 Å². The van der Waals surface area contributed by atoms with Gasteiger partial charge in [-0.25, -0.2) is 9.78 Å². The number of rotatable bonds is 6. The van der Waals surface area contributed by atoms with E-state index in [2.05, 4.69) is 20.4 Å². The molecule has 0 saturated heterocycles. The summed E-state index contributed by atoms with van der Waals surface area (Å²) in [6.07, 6.45) is 3.67. The molecule has 0 atom stereocenters. The number of benzene rings is 1. The molecule has 1 N–H and O–H groups in total. The van der Waals surface area contributed by atoms with E-state index < -0.39 is 5.97 Å². The molecule has 140 valence electrons. The summed E-state index contributed by atoms with van der Waals surface area (Å²) in [5.41, 5.74) is 2.03. The Bertz CT molecular complexity index is 993. The number of thiazole rings is 1. The maximum Gasteiger partial charge on any atom is 0.347 e. The molecule has 9 heteroatoms. The highest BCUT2D eigenvalue weighted by molar-refractivity contribution is 7.17. The first-order valence-electron chi connectivity index (χ1n) is 8.73. The van der Waals surface area contributed by atoms with Crippen LogP contribution in [0.2, 0.25) is 0 Å². The van der Waals surface area contributed by atoms with Crippen LogP contribution < -0.4 is 4.74 Å². The van der Waals surface area contributed by atoms with Gasteiger partial charge in [0.05, 0.1) is 24.9 Å². The normalized spacial score (nSPS) is 14.1. The third-order valence-corrected chi connectivity index (χ3v) is 5.86. The highest BCUT2D eigenvalue weighted by atomic mass is 32.1. The Hall–Kier alpha value is -2.81. The van der Waals surface area contributed by atoms with Gasteiger partial charge in [-0.3, -0.25) is 0 Å². The molecule has 1 fully saturated rings. The first kappa shape index (κ1) is 17.6. The summed E-state index contributed by atoms with van der Waals surface area (Å²) in [6.45, 7) is 2.37. The second kappa shape index (κ2) is 7.07. The van der Waals surface area contributed by atoms with Crippen LogP contribution in [-0.2, 0) is 7.05 Å². The SMILES string of the molecule is Cc1nc(-c2ccc(OCC3CCC3)c(-c3nnn(C)n3)c2)sc1C(=O)O. The van der Waals surface area contributed by atoms with Crippen LogP contribution in [0, 0.1) is 12.8 Å². The van der Waals surface area contributed by atoms with E-state index in [1.165, 1.54) is 24.1 Å².